The van der Waals surface area contributed by atoms with Crippen molar-refractivity contribution in [3.05, 3.63) is 0 Å². The molecule has 0 bridgehead atoms. The van der Waals surface area contributed by atoms with Crippen molar-refractivity contribution in [1.82, 2.24) is 19.8 Å². The molecule has 8 heteroatoms. The Morgan fingerprint density at radius 2 is 1.96 bits per heavy atom. The van der Waals surface area contributed by atoms with E-state index in [-0.39, 0.29) is 24.7 Å². The largest absolute Gasteiger partial charge is 0.336 e. The van der Waals surface area contributed by atoms with E-state index < -0.39 is 10.0 Å². The molecule has 2 unspecified atom stereocenters. The summed E-state index contributed by atoms with van der Waals surface area (Å²) in [7, 11) is -3.23. The number of piperidine rings is 1. The summed E-state index contributed by atoms with van der Waals surface area (Å²) in [4.78, 5) is 16.5. The van der Waals surface area contributed by atoms with E-state index >= 15 is 0 Å². The topological polar surface area (TPSA) is 81.8 Å². The number of hydrogen-bond acceptors (Lipinski definition) is 4. The van der Waals surface area contributed by atoms with Crippen molar-refractivity contribution in [3.8, 4) is 0 Å². The molecule has 1 aliphatic rings. The fourth-order valence-electron chi connectivity index (χ4n) is 3.04. The van der Waals surface area contributed by atoms with Crippen LogP contribution < -0.4 is 10.0 Å². The van der Waals surface area contributed by atoms with Crippen LogP contribution in [0.15, 0.2) is 0 Å². The number of likely N-dealkylation sites (N-methyl/N-ethyl adjacent to an activating group) is 1. The molecule has 1 saturated heterocycles. The lowest BCUT2D eigenvalue weighted by molar-refractivity contribution is 0.147. The Hall–Kier alpha value is -0.860. The second kappa shape index (κ2) is 9.44. The molecule has 0 aliphatic carbocycles. The van der Waals surface area contributed by atoms with Crippen LogP contribution in [0.2, 0.25) is 0 Å². The zero-order valence-corrected chi connectivity index (χ0v) is 15.7. The molecule has 0 aromatic carbocycles. The van der Waals surface area contributed by atoms with Crippen molar-refractivity contribution < 1.29 is 13.2 Å². The molecule has 0 aromatic heterocycles. The highest BCUT2D eigenvalue weighted by Crippen LogP contribution is 2.16. The third-order valence-corrected chi connectivity index (χ3v) is 5.14. The van der Waals surface area contributed by atoms with Crippen molar-refractivity contribution in [2.75, 3.05) is 39.0 Å². The predicted molar refractivity (Wildman–Crippen MR) is 93.0 cm³/mol. The smallest absolute Gasteiger partial charge is 0.317 e. The number of nitrogens with one attached hydrogen (secondary N) is 2. The van der Waals surface area contributed by atoms with Crippen LogP contribution in [-0.4, -0.2) is 75.3 Å². The maximum absolute atomic E-state index is 12.5. The first-order valence-electron chi connectivity index (χ1n) is 8.51. The number of amides is 2. The van der Waals surface area contributed by atoms with Gasteiger partial charge in [0.2, 0.25) is 10.0 Å². The fourth-order valence-corrected chi connectivity index (χ4v) is 3.54. The summed E-state index contributed by atoms with van der Waals surface area (Å²) in [5, 5.41) is 3.00. The minimum Gasteiger partial charge on any atom is -0.336 e. The highest BCUT2D eigenvalue weighted by molar-refractivity contribution is 7.88. The Balaban J connectivity index is 2.54. The van der Waals surface area contributed by atoms with E-state index in [0.29, 0.717) is 13.1 Å². The zero-order chi connectivity index (χ0) is 17.5. The molecule has 1 aliphatic heterocycles. The quantitative estimate of drug-likeness (QED) is 0.681. The summed E-state index contributed by atoms with van der Waals surface area (Å²) >= 11 is 0. The van der Waals surface area contributed by atoms with Crippen LogP contribution in [0.5, 0.6) is 0 Å². The highest BCUT2D eigenvalue weighted by Gasteiger charge is 2.27. The fraction of sp³-hybridized carbons (Fsp3) is 0.933. The average molecular weight is 349 g/mol. The zero-order valence-electron chi connectivity index (χ0n) is 14.8. The third-order valence-electron chi connectivity index (χ3n) is 4.45. The number of urea groups is 1. The van der Waals surface area contributed by atoms with E-state index in [4.69, 9.17) is 0 Å². The summed E-state index contributed by atoms with van der Waals surface area (Å²) in [5.41, 5.74) is 0. The minimum atomic E-state index is -3.23. The first-order valence-corrected chi connectivity index (χ1v) is 10.4. The normalized spacial score (nSPS) is 20.6. The van der Waals surface area contributed by atoms with E-state index in [1.54, 1.807) is 4.90 Å². The van der Waals surface area contributed by atoms with Crippen molar-refractivity contribution in [2.45, 2.75) is 52.1 Å². The van der Waals surface area contributed by atoms with E-state index in [1.165, 1.54) is 0 Å². The number of sulfonamides is 1. The second-order valence-corrected chi connectivity index (χ2v) is 8.05. The van der Waals surface area contributed by atoms with Gasteiger partial charge in [-0.2, -0.15) is 0 Å². The van der Waals surface area contributed by atoms with Gasteiger partial charge < -0.3 is 10.2 Å². The molecule has 0 radical (unpaired) electrons. The molecule has 1 rings (SSSR count). The van der Waals surface area contributed by atoms with Gasteiger partial charge in [0.15, 0.2) is 0 Å². The number of hydrogen-bond donors (Lipinski definition) is 2. The molecular formula is C15H32N4O3S. The van der Waals surface area contributed by atoms with Crippen molar-refractivity contribution in [2.24, 2.45) is 0 Å². The predicted octanol–water partition coefficient (Wildman–Crippen LogP) is 0.830. The van der Waals surface area contributed by atoms with E-state index in [2.05, 4.69) is 35.7 Å². The number of carbonyl (C=O) groups is 1. The van der Waals surface area contributed by atoms with Crippen LogP contribution in [0, 0.1) is 0 Å². The Morgan fingerprint density at radius 1 is 1.30 bits per heavy atom. The summed E-state index contributed by atoms with van der Waals surface area (Å²) < 4.78 is 25.1. The van der Waals surface area contributed by atoms with Gasteiger partial charge in [0.1, 0.15) is 0 Å². The molecule has 7 nitrogen and oxygen atoms in total. The number of rotatable bonds is 8. The van der Waals surface area contributed by atoms with Crippen LogP contribution in [0.1, 0.15) is 40.0 Å². The lowest BCUT2D eigenvalue weighted by atomic mass is 10.0. The molecule has 2 N–H and O–H groups in total. The van der Waals surface area contributed by atoms with Gasteiger partial charge in [-0.1, -0.05) is 13.8 Å². The van der Waals surface area contributed by atoms with Gasteiger partial charge in [0, 0.05) is 31.7 Å². The Labute approximate surface area is 140 Å². The van der Waals surface area contributed by atoms with E-state index in [0.717, 1.165) is 38.6 Å². The van der Waals surface area contributed by atoms with E-state index in [9.17, 15) is 13.2 Å². The minimum absolute atomic E-state index is 0.0674. The summed E-state index contributed by atoms with van der Waals surface area (Å²) in [6.07, 6.45) is 3.97. The molecule has 0 spiro atoms. The standard InChI is InChI=1S/C15H32N4O3S/c1-5-18(6-2)13(3)11-16-15(20)19-10-8-7-9-14(19)12-17-23(4,21)22/h13-14,17H,5-12H2,1-4H3,(H,16,20). The summed E-state index contributed by atoms with van der Waals surface area (Å²) in [5.74, 6) is 0. The van der Waals surface area contributed by atoms with Crippen molar-refractivity contribution in [1.29, 1.82) is 0 Å². The third kappa shape index (κ3) is 7.05. The van der Waals surface area contributed by atoms with Crippen LogP contribution in [0.3, 0.4) is 0 Å². The first-order chi connectivity index (χ1) is 10.8. The molecule has 0 saturated carbocycles. The number of nitrogens with zero attached hydrogens (tertiary/aromatic N) is 2. The molecule has 23 heavy (non-hydrogen) atoms. The monoisotopic (exact) mass is 348 g/mol. The maximum Gasteiger partial charge on any atom is 0.317 e. The molecule has 0 aromatic rings. The van der Waals surface area contributed by atoms with Crippen LogP contribution in [0.25, 0.3) is 0 Å². The molecule has 2 amide bonds. The van der Waals surface area contributed by atoms with Gasteiger partial charge in [0.05, 0.1) is 6.26 Å². The molecule has 1 fully saturated rings. The van der Waals surface area contributed by atoms with Crippen LogP contribution >= 0.6 is 0 Å². The number of likely N-dealkylation sites (tertiary alicyclic amines) is 1. The summed E-state index contributed by atoms with van der Waals surface area (Å²) in [6, 6.07) is 0.123. The van der Waals surface area contributed by atoms with Crippen molar-refractivity contribution >= 4 is 16.1 Å². The van der Waals surface area contributed by atoms with Gasteiger partial charge >= 0.3 is 6.03 Å². The van der Waals surface area contributed by atoms with Gasteiger partial charge in [-0.3, -0.25) is 4.90 Å². The highest BCUT2D eigenvalue weighted by atomic mass is 32.2. The summed E-state index contributed by atoms with van der Waals surface area (Å²) in [6.45, 7) is 9.81. The SMILES string of the molecule is CCN(CC)C(C)CNC(=O)N1CCCCC1CNS(C)(=O)=O. The molecule has 1 heterocycles. The van der Waals surface area contributed by atoms with Gasteiger partial charge in [-0.15, -0.1) is 0 Å². The first kappa shape index (κ1) is 20.2. The Bertz CT molecular complexity index is 465. The second-order valence-electron chi connectivity index (χ2n) is 6.22. The van der Waals surface area contributed by atoms with Gasteiger partial charge in [-0.05, 0) is 39.3 Å². The van der Waals surface area contributed by atoms with E-state index in [1.807, 2.05) is 0 Å². The maximum atomic E-state index is 12.5. The van der Waals surface area contributed by atoms with Crippen molar-refractivity contribution in [3.63, 3.8) is 0 Å². The van der Waals surface area contributed by atoms with Gasteiger partial charge in [-0.25, -0.2) is 17.9 Å². The molecule has 136 valence electrons. The molecule has 2 atom stereocenters. The lowest BCUT2D eigenvalue weighted by Crippen LogP contribution is -2.54. The Morgan fingerprint density at radius 3 is 2.52 bits per heavy atom. The average Bonchev–Trinajstić information content (AvgIpc) is 2.51. The van der Waals surface area contributed by atoms with Crippen LogP contribution in [-0.2, 0) is 10.0 Å². The molecular weight excluding hydrogens is 316 g/mol. The van der Waals surface area contributed by atoms with Gasteiger partial charge in [0.25, 0.3) is 0 Å². The number of carbonyl (C=O) groups excluding carboxylic acids is 1. The Kier molecular flexibility index (Phi) is 8.28. The lowest BCUT2D eigenvalue weighted by Gasteiger charge is -2.36. The van der Waals surface area contributed by atoms with Crippen LogP contribution in [0.4, 0.5) is 4.79 Å².